The number of methoxy groups -OCH3 is 1. The molecule has 3 saturated heterocycles. The Morgan fingerprint density at radius 3 is 2.04 bits per heavy atom. The van der Waals surface area contributed by atoms with Crippen LogP contribution in [-0.4, -0.2) is 193 Å². The molecule has 392 valence electrons. The van der Waals surface area contributed by atoms with E-state index >= 15 is 0 Å². The zero-order valence-corrected chi connectivity index (χ0v) is 40.2. The second-order valence-electron chi connectivity index (χ2n) is 22.8. The maximum Gasteiger partial charge on any atom is 0.335 e. The maximum atomic E-state index is 14.8. The third-order valence-electron chi connectivity index (χ3n) is 19.5. The summed E-state index contributed by atoms with van der Waals surface area (Å²) in [7, 11) is 1.34. The van der Waals surface area contributed by atoms with Crippen LogP contribution in [-0.2, 0) is 47.5 Å². The van der Waals surface area contributed by atoms with Crippen molar-refractivity contribution in [1.29, 1.82) is 0 Å². The molecule has 0 bridgehead atoms. The molecule has 0 spiro atoms. The summed E-state index contributed by atoms with van der Waals surface area (Å²) in [6, 6.07) is 0. The summed E-state index contributed by atoms with van der Waals surface area (Å²) in [5, 5.41) is 117. The van der Waals surface area contributed by atoms with Crippen LogP contribution >= 0.6 is 0 Å². The zero-order chi connectivity index (χ0) is 50.6. The van der Waals surface area contributed by atoms with E-state index in [-0.39, 0.29) is 36.7 Å². The zero-order valence-electron chi connectivity index (χ0n) is 40.2. The van der Waals surface area contributed by atoms with Crippen molar-refractivity contribution in [3.63, 3.8) is 0 Å². The molecule has 8 aliphatic rings. The normalized spacial score (nSPS) is 53.0. The minimum atomic E-state index is -1.97. The molecule has 24 unspecified atom stereocenters. The van der Waals surface area contributed by atoms with Gasteiger partial charge in [0.1, 0.15) is 61.0 Å². The average molecular weight is 987 g/mol. The molecule has 11 N–H and O–H groups in total. The number of esters is 2. The summed E-state index contributed by atoms with van der Waals surface area (Å²) >= 11 is 0. The molecule has 24 atom stereocenters. The Kier molecular flexibility index (Phi) is 14.4. The van der Waals surface area contributed by atoms with Gasteiger partial charge >= 0.3 is 17.9 Å². The first kappa shape index (κ1) is 52.9. The van der Waals surface area contributed by atoms with Crippen LogP contribution < -0.4 is 0 Å². The highest BCUT2D eigenvalue weighted by Gasteiger charge is 2.71. The number of aliphatic hydroxyl groups is 10. The largest absolute Gasteiger partial charge is 0.479 e. The summed E-state index contributed by atoms with van der Waals surface area (Å²) in [6.45, 7) is 9.02. The molecule has 0 aromatic heterocycles. The minimum absolute atomic E-state index is 0.0325. The average Bonchev–Trinajstić information content (AvgIpc) is 3.31. The summed E-state index contributed by atoms with van der Waals surface area (Å²) in [4.78, 5) is 40.7. The lowest BCUT2D eigenvalue weighted by molar-refractivity contribution is -0.358. The Morgan fingerprint density at radius 1 is 0.710 bits per heavy atom. The third kappa shape index (κ3) is 8.12. The van der Waals surface area contributed by atoms with Crippen molar-refractivity contribution < 1.29 is 104 Å². The number of rotatable bonds is 10. The topological polar surface area (TPSA) is 338 Å². The van der Waals surface area contributed by atoms with Crippen LogP contribution in [0, 0.1) is 50.2 Å². The van der Waals surface area contributed by atoms with E-state index in [2.05, 4.69) is 26.8 Å². The lowest BCUT2D eigenvalue weighted by Gasteiger charge is -2.71. The number of hydrogen-bond acceptors (Lipinski definition) is 20. The molecule has 69 heavy (non-hydrogen) atoms. The van der Waals surface area contributed by atoms with Crippen molar-refractivity contribution in [2.24, 2.45) is 50.2 Å². The first-order chi connectivity index (χ1) is 32.3. The lowest BCUT2D eigenvalue weighted by atomic mass is 9.33. The highest BCUT2D eigenvalue weighted by Crippen LogP contribution is 2.76. The molecule has 21 nitrogen and oxygen atoms in total. The Labute approximate surface area is 400 Å². The van der Waals surface area contributed by atoms with Gasteiger partial charge in [-0.2, -0.15) is 0 Å². The van der Waals surface area contributed by atoms with E-state index in [1.807, 2.05) is 13.8 Å². The predicted molar refractivity (Wildman–Crippen MR) is 232 cm³/mol. The molecule has 5 aliphatic carbocycles. The molecule has 8 rings (SSSR count). The van der Waals surface area contributed by atoms with Gasteiger partial charge in [0, 0.05) is 5.41 Å². The number of carbonyl (C=O) groups excluding carboxylic acids is 2. The number of aliphatic hydroxyl groups excluding tert-OH is 10. The number of hydrogen-bond donors (Lipinski definition) is 11. The summed E-state index contributed by atoms with van der Waals surface area (Å²) in [5.74, 6) is -3.30. The Morgan fingerprint density at radius 2 is 1.39 bits per heavy atom. The van der Waals surface area contributed by atoms with E-state index in [1.165, 1.54) is 7.11 Å². The van der Waals surface area contributed by atoms with Crippen LogP contribution in [0.3, 0.4) is 0 Å². The van der Waals surface area contributed by atoms with Gasteiger partial charge in [-0.3, -0.25) is 9.59 Å². The maximum absolute atomic E-state index is 14.8. The van der Waals surface area contributed by atoms with Crippen LogP contribution in [0.25, 0.3) is 0 Å². The van der Waals surface area contributed by atoms with Gasteiger partial charge in [-0.05, 0) is 105 Å². The van der Waals surface area contributed by atoms with E-state index in [0.29, 0.717) is 51.4 Å². The SMILES string of the molecule is COC(=O)C1(C)CCC2(C(=O)OC3OC(CO)C(O)C(O)C3O)CCC3(C)C(=CCC4C5(C)CCC(OC6OC(C(=O)O)C(O)C(OC7OCC(O)C(O)C7O)C6O)C(C)(CO)C5CCC43C)C2C1. The molecule has 0 amide bonds. The Bertz CT molecular complexity index is 1970. The monoisotopic (exact) mass is 986 g/mol. The Hall–Kier alpha value is -2.45. The quantitative estimate of drug-likeness (QED) is 0.0710. The van der Waals surface area contributed by atoms with Gasteiger partial charge in [0.05, 0.1) is 43.9 Å². The second-order valence-corrected chi connectivity index (χ2v) is 22.8. The van der Waals surface area contributed by atoms with Crippen molar-refractivity contribution in [2.75, 3.05) is 26.9 Å². The number of aliphatic carboxylic acids is 1. The third-order valence-corrected chi connectivity index (χ3v) is 19.5. The van der Waals surface area contributed by atoms with Gasteiger partial charge in [-0.1, -0.05) is 39.3 Å². The van der Waals surface area contributed by atoms with E-state index in [4.69, 9.17) is 33.2 Å². The van der Waals surface area contributed by atoms with E-state index in [9.17, 15) is 70.6 Å². The number of carboxylic acids is 1. The van der Waals surface area contributed by atoms with Gasteiger partial charge in [-0.15, -0.1) is 0 Å². The molecular formula is C48H74O21. The number of fused-ring (bicyclic) bond motifs is 7. The molecule has 3 heterocycles. The molecule has 7 fully saturated rings. The van der Waals surface area contributed by atoms with Crippen LogP contribution in [0.4, 0.5) is 0 Å². The molecule has 21 heteroatoms. The van der Waals surface area contributed by atoms with E-state index in [1.54, 1.807) is 0 Å². The molecule has 0 aromatic rings. The van der Waals surface area contributed by atoms with Gasteiger partial charge in [0.25, 0.3) is 0 Å². The fourth-order valence-corrected chi connectivity index (χ4v) is 15.0. The Balaban J connectivity index is 1.07. The van der Waals surface area contributed by atoms with Gasteiger partial charge < -0.3 is 89.3 Å². The summed E-state index contributed by atoms with van der Waals surface area (Å²) in [5.41, 5.74) is -3.37. The lowest BCUT2D eigenvalue weighted by Crippen LogP contribution is -2.67. The molecule has 0 radical (unpaired) electrons. The highest BCUT2D eigenvalue weighted by molar-refractivity contribution is 5.81. The fraction of sp³-hybridized carbons (Fsp3) is 0.896. The molecular weight excluding hydrogens is 913 g/mol. The minimum Gasteiger partial charge on any atom is -0.479 e. The van der Waals surface area contributed by atoms with Crippen molar-refractivity contribution >= 4 is 17.9 Å². The number of allylic oxidation sites excluding steroid dienone is 2. The number of carboxylic acid groups (broad SMARTS) is 1. The summed E-state index contributed by atoms with van der Waals surface area (Å²) in [6.07, 6.45) is -17.9. The fourth-order valence-electron chi connectivity index (χ4n) is 15.0. The first-order valence-corrected chi connectivity index (χ1v) is 24.4. The van der Waals surface area contributed by atoms with E-state index in [0.717, 1.165) is 5.57 Å². The highest BCUT2D eigenvalue weighted by atomic mass is 16.7. The van der Waals surface area contributed by atoms with Crippen LogP contribution in [0.2, 0.25) is 0 Å². The van der Waals surface area contributed by atoms with Gasteiger partial charge in [0.15, 0.2) is 18.7 Å². The smallest absolute Gasteiger partial charge is 0.335 e. The first-order valence-electron chi connectivity index (χ1n) is 24.4. The second kappa shape index (κ2) is 18.8. The standard InChI is InChI=1S/C48H74O21/c1-43(41(61)63-6)13-15-48(42(62)69-39-32(56)30(54)29(53)24(18-49)65-39)16-14-46(4)21(22(48)17-43)7-8-26-44(2)11-10-27(45(3,20-50)25(44)9-12-47(26,46)5)66-40-34(58)35(33(57)36(68-40)37(59)60)67-38-31(55)28(52)23(51)19-64-38/h7,22-36,38-40,49-58H,8-20H2,1-6H3,(H,59,60). The van der Waals surface area contributed by atoms with Crippen LogP contribution in [0.1, 0.15) is 98.8 Å². The van der Waals surface area contributed by atoms with Gasteiger partial charge in [0.2, 0.25) is 6.29 Å². The molecule has 4 saturated carbocycles. The molecule has 3 aliphatic heterocycles. The number of ether oxygens (including phenoxy) is 7. The van der Waals surface area contributed by atoms with Crippen LogP contribution in [0.15, 0.2) is 11.6 Å². The predicted octanol–water partition coefficient (Wildman–Crippen LogP) is -1.00. The summed E-state index contributed by atoms with van der Waals surface area (Å²) < 4.78 is 40.2. The number of carbonyl (C=O) groups is 3. The van der Waals surface area contributed by atoms with Crippen molar-refractivity contribution in [2.45, 2.75) is 191 Å². The van der Waals surface area contributed by atoms with Gasteiger partial charge in [-0.25, -0.2) is 4.79 Å². The molecule has 0 aromatic carbocycles. The van der Waals surface area contributed by atoms with Crippen molar-refractivity contribution in [3.05, 3.63) is 11.6 Å². The van der Waals surface area contributed by atoms with Crippen molar-refractivity contribution in [1.82, 2.24) is 0 Å². The van der Waals surface area contributed by atoms with E-state index < -0.39 is 156 Å². The van der Waals surface area contributed by atoms with Crippen LogP contribution in [0.5, 0.6) is 0 Å². The van der Waals surface area contributed by atoms with Crippen molar-refractivity contribution in [3.8, 4) is 0 Å².